The third-order valence-electron chi connectivity index (χ3n) is 2.94. The first kappa shape index (κ1) is 11.1. The van der Waals surface area contributed by atoms with E-state index < -0.39 is 0 Å². The zero-order valence-corrected chi connectivity index (χ0v) is 10.7. The smallest absolute Gasteiger partial charge is 0.176 e. The lowest BCUT2D eigenvalue weighted by molar-refractivity contribution is 1.10. The predicted molar refractivity (Wildman–Crippen MR) is 73.9 cm³/mol. The van der Waals surface area contributed by atoms with Gasteiger partial charge in [-0.1, -0.05) is 6.92 Å². The maximum Gasteiger partial charge on any atom is 0.176 e. The summed E-state index contributed by atoms with van der Waals surface area (Å²) in [7, 11) is 0. The zero-order valence-electron chi connectivity index (χ0n) is 9.90. The largest absolute Gasteiger partial charge is 0.329 e. The van der Waals surface area contributed by atoms with E-state index in [1.807, 2.05) is 24.4 Å². The van der Waals surface area contributed by atoms with Crippen molar-refractivity contribution in [3.63, 3.8) is 0 Å². The molecule has 0 unspecified atom stereocenters. The lowest BCUT2D eigenvalue weighted by Crippen LogP contribution is -1.91. The Balaban J connectivity index is 2.21. The van der Waals surface area contributed by atoms with E-state index >= 15 is 0 Å². The Morgan fingerprint density at radius 1 is 1.22 bits per heavy atom. The number of imidazole rings is 1. The van der Waals surface area contributed by atoms with Crippen LogP contribution in [-0.2, 0) is 6.42 Å². The Bertz CT molecular complexity index is 757. The molecule has 5 heteroatoms. The van der Waals surface area contributed by atoms with Crippen molar-refractivity contribution in [3.8, 4) is 11.3 Å². The minimum atomic E-state index is 0.597. The van der Waals surface area contributed by atoms with Crippen LogP contribution in [0.5, 0.6) is 0 Å². The van der Waals surface area contributed by atoms with Crippen molar-refractivity contribution in [2.75, 3.05) is 0 Å². The van der Waals surface area contributed by atoms with Gasteiger partial charge in [0.15, 0.2) is 10.4 Å². The molecule has 0 aliphatic rings. The van der Waals surface area contributed by atoms with E-state index in [0.717, 1.165) is 28.8 Å². The number of nitrogens with zero attached hydrogens (tertiary/aromatic N) is 2. The summed E-state index contributed by atoms with van der Waals surface area (Å²) in [6.45, 7) is 2.11. The molecule has 4 nitrogen and oxygen atoms in total. The molecule has 3 heterocycles. The van der Waals surface area contributed by atoms with Crippen LogP contribution >= 0.6 is 12.2 Å². The number of nitrogens with one attached hydrogen (secondary N) is 2. The van der Waals surface area contributed by atoms with Crippen molar-refractivity contribution in [3.05, 3.63) is 40.9 Å². The second-order valence-electron chi connectivity index (χ2n) is 4.06. The number of hydrogen-bond donors (Lipinski definition) is 2. The minimum absolute atomic E-state index is 0.597. The Labute approximate surface area is 109 Å². The van der Waals surface area contributed by atoms with Crippen molar-refractivity contribution in [2.24, 2.45) is 0 Å². The summed E-state index contributed by atoms with van der Waals surface area (Å²) in [4.78, 5) is 14.8. The maximum atomic E-state index is 5.06. The van der Waals surface area contributed by atoms with Gasteiger partial charge in [-0.3, -0.25) is 4.98 Å². The van der Waals surface area contributed by atoms with E-state index in [1.54, 1.807) is 6.20 Å². The molecular weight excluding hydrogens is 244 g/mol. The molecule has 3 aromatic heterocycles. The average molecular weight is 256 g/mol. The SMILES string of the molecule is CCc1cnccc1-c1ccc2[nH]c(=S)[nH]c2n1. The number of hydrogen-bond acceptors (Lipinski definition) is 3. The average Bonchev–Trinajstić information content (AvgIpc) is 2.77. The number of aryl methyl sites for hydroxylation is 1. The number of aromatic nitrogens is 4. The van der Waals surface area contributed by atoms with Crippen LogP contribution in [0.1, 0.15) is 12.5 Å². The lowest BCUT2D eigenvalue weighted by Gasteiger charge is -2.05. The first-order valence-corrected chi connectivity index (χ1v) is 6.21. The second kappa shape index (κ2) is 4.34. The fourth-order valence-electron chi connectivity index (χ4n) is 2.03. The van der Waals surface area contributed by atoms with Gasteiger partial charge in [0.05, 0.1) is 11.2 Å². The maximum absolute atomic E-state index is 5.06. The van der Waals surface area contributed by atoms with Crippen LogP contribution in [-0.4, -0.2) is 19.9 Å². The van der Waals surface area contributed by atoms with E-state index in [2.05, 4.69) is 26.9 Å². The summed E-state index contributed by atoms with van der Waals surface area (Å²) in [5.41, 5.74) is 4.97. The van der Waals surface area contributed by atoms with Crippen molar-refractivity contribution in [1.29, 1.82) is 0 Å². The van der Waals surface area contributed by atoms with Gasteiger partial charge in [0.2, 0.25) is 0 Å². The molecule has 0 radical (unpaired) electrons. The van der Waals surface area contributed by atoms with Crippen LogP contribution < -0.4 is 0 Å². The number of fused-ring (bicyclic) bond motifs is 1. The van der Waals surface area contributed by atoms with Gasteiger partial charge in [0.1, 0.15) is 0 Å². The summed E-state index contributed by atoms with van der Waals surface area (Å²) >= 11 is 5.06. The first-order valence-electron chi connectivity index (χ1n) is 5.80. The van der Waals surface area contributed by atoms with E-state index in [1.165, 1.54) is 5.56 Å². The van der Waals surface area contributed by atoms with Gasteiger partial charge < -0.3 is 9.97 Å². The molecule has 0 amide bonds. The van der Waals surface area contributed by atoms with Crippen LogP contribution in [0.25, 0.3) is 22.4 Å². The van der Waals surface area contributed by atoms with Gasteiger partial charge in [-0.15, -0.1) is 0 Å². The second-order valence-corrected chi connectivity index (χ2v) is 4.47. The zero-order chi connectivity index (χ0) is 12.5. The molecule has 18 heavy (non-hydrogen) atoms. The molecule has 0 bridgehead atoms. The Kier molecular flexibility index (Phi) is 2.68. The van der Waals surface area contributed by atoms with Crippen LogP contribution in [0.2, 0.25) is 0 Å². The number of rotatable bonds is 2. The molecular formula is C13H12N4S. The quantitative estimate of drug-likeness (QED) is 0.692. The van der Waals surface area contributed by atoms with Gasteiger partial charge in [-0.2, -0.15) is 0 Å². The molecule has 3 rings (SSSR count). The molecule has 0 saturated carbocycles. The van der Waals surface area contributed by atoms with Crippen molar-refractivity contribution >= 4 is 23.4 Å². The van der Waals surface area contributed by atoms with Gasteiger partial charge in [-0.05, 0) is 42.4 Å². The van der Waals surface area contributed by atoms with Gasteiger partial charge in [0.25, 0.3) is 0 Å². The molecule has 0 saturated heterocycles. The summed E-state index contributed by atoms with van der Waals surface area (Å²) in [6, 6.07) is 5.98. The number of H-pyrrole nitrogens is 2. The highest BCUT2D eigenvalue weighted by atomic mass is 32.1. The fourth-order valence-corrected chi connectivity index (χ4v) is 2.23. The molecule has 3 aromatic rings. The molecule has 90 valence electrons. The summed E-state index contributed by atoms with van der Waals surface area (Å²) < 4.78 is 0.597. The van der Waals surface area contributed by atoms with Crippen LogP contribution in [0.3, 0.4) is 0 Å². The van der Waals surface area contributed by atoms with E-state index in [-0.39, 0.29) is 0 Å². The van der Waals surface area contributed by atoms with E-state index in [0.29, 0.717) is 4.77 Å². The van der Waals surface area contributed by atoms with Crippen molar-refractivity contribution in [2.45, 2.75) is 13.3 Å². The van der Waals surface area contributed by atoms with E-state index in [9.17, 15) is 0 Å². The predicted octanol–water partition coefficient (Wildman–Crippen LogP) is 3.24. The van der Waals surface area contributed by atoms with Crippen LogP contribution in [0.15, 0.2) is 30.6 Å². The first-order chi connectivity index (χ1) is 8.78. The highest BCUT2D eigenvalue weighted by Crippen LogP contribution is 2.23. The summed E-state index contributed by atoms with van der Waals surface area (Å²) in [5, 5.41) is 0. The molecule has 0 aliphatic heterocycles. The third-order valence-corrected chi connectivity index (χ3v) is 3.14. The Morgan fingerprint density at radius 3 is 2.94 bits per heavy atom. The van der Waals surface area contributed by atoms with E-state index in [4.69, 9.17) is 12.2 Å². The molecule has 0 aliphatic carbocycles. The fraction of sp³-hybridized carbons (Fsp3) is 0.154. The normalized spacial score (nSPS) is 10.9. The van der Waals surface area contributed by atoms with Crippen molar-refractivity contribution < 1.29 is 0 Å². The Morgan fingerprint density at radius 2 is 2.11 bits per heavy atom. The van der Waals surface area contributed by atoms with Gasteiger partial charge in [0, 0.05) is 18.0 Å². The molecule has 0 aromatic carbocycles. The molecule has 0 spiro atoms. The van der Waals surface area contributed by atoms with Crippen LogP contribution in [0, 0.1) is 4.77 Å². The summed E-state index contributed by atoms with van der Waals surface area (Å²) in [5.74, 6) is 0. The minimum Gasteiger partial charge on any atom is -0.329 e. The topological polar surface area (TPSA) is 57.4 Å². The monoisotopic (exact) mass is 256 g/mol. The summed E-state index contributed by atoms with van der Waals surface area (Å²) in [6.07, 6.45) is 4.62. The molecule has 2 N–H and O–H groups in total. The Hall–Kier alpha value is -2.01. The van der Waals surface area contributed by atoms with Gasteiger partial charge in [-0.25, -0.2) is 4.98 Å². The highest BCUT2D eigenvalue weighted by molar-refractivity contribution is 7.71. The number of pyridine rings is 2. The lowest BCUT2D eigenvalue weighted by atomic mass is 10.0. The molecule has 0 fully saturated rings. The van der Waals surface area contributed by atoms with Gasteiger partial charge >= 0.3 is 0 Å². The van der Waals surface area contributed by atoms with Crippen LogP contribution in [0.4, 0.5) is 0 Å². The highest BCUT2D eigenvalue weighted by Gasteiger charge is 2.06. The standard InChI is InChI=1S/C13H12N4S/c1-2-8-7-14-6-5-9(8)10-3-4-11-12(15-10)17-13(18)16-11/h3-7H,2H2,1H3,(H2,15,16,17,18). The molecule has 0 atom stereocenters. The van der Waals surface area contributed by atoms with Crippen molar-refractivity contribution in [1.82, 2.24) is 19.9 Å². The third kappa shape index (κ3) is 1.82. The number of aromatic amines is 2.